The Morgan fingerprint density at radius 1 is 1.50 bits per heavy atom. The van der Waals surface area contributed by atoms with E-state index in [9.17, 15) is 13.2 Å². The molecule has 0 unspecified atom stereocenters. The highest BCUT2D eigenvalue weighted by Gasteiger charge is 2.23. The second kappa shape index (κ2) is 4.78. The number of hydrogen-bond donors (Lipinski definition) is 0. The van der Waals surface area contributed by atoms with E-state index in [4.69, 9.17) is 0 Å². The number of hydrogen-bond acceptors (Lipinski definition) is 4. The molecule has 1 heterocycles. The van der Waals surface area contributed by atoms with Gasteiger partial charge in [0.15, 0.2) is 21.1 Å². The Hall–Kier alpha value is -1.17. The fraction of sp³-hybridized carbons (Fsp3) is 0.600. The lowest BCUT2D eigenvalue weighted by molar-refractivity contribution is 0.112. The zero-order valence-corrected chi connectivity index (χ0v) is 10.5. The van der Waals surface area contributed by atoms with Gasteiger partial charge in [-0.05, 0) is 5.92 Å². The fourth-order valence-corrected chi connectivity index (χ4v) is 2.60. The molecule has 0 aliphatic heterocycles. The largest absolute Gasteiger partial charge is 0.298 e. The minimum atomic E-state index is -3.40. The summed E-state index contributed by atoms with van der Waals surface area (Å²) >= 11 is 0. The van der Waals surface area contributed by atoms with Crippen LogP contribution in [0.2, 0.25) is 0 Å². The molecular weight excluding hydrogens is 228 g/mol. The van der Waals surface area contributed by atoms with Gasteiger partial charge < -0.3 is 0 Å². The molecule has 0 saturated heterocycles. The first kappa shape index (κ1) is 12.9. The van der Waals surface area contributed by atoms with E-state index in [2.05, 4.69) is 5.10 Å². The maximum atomic E-state index is 11.8. The summed E-state index contributed by atoms with van der Waals surface area (Å²) in [5, 5.41) is 3.99. The summed E-state index contributed by atoms with van der Waals surface area (Å²) in [5.74, 6) is 0.239. The molecule has 0 aliphatic rings. The molecule has 5 nitrogen and oxygen atoms in total. The van der Waals surface area contributed by atoms with Crippen molar-refractivity contribution in [1.29, 1.82) is 0 Å². The molecule has 0 aliphatic carbocycles. The van der Waals surface area contributed by atoms with Crippen LogP contribution in [0.15, 0.2) is 11.2 Å². The van der Waals surface area contributed by atoms with Gasteiger partial charge in [0.25, 0.3) is 0 Å². The number of sulfone groups is 1. The molecular formula is C10H16N2O3S. The third kappa shape index (κ3) is 2.49. The lowest BCUT2D eigenvalue weighted by atomic mass is 10.2. The van der Waals surface area contributed by atoms with Crippen LogP contribution in [0, 0.1) is 5.92 Å². The third-order valence-corrected chi connectivity index (χ3v) is 3.95. The molecule has 0 bridgehead atoms. The highest BCUT2D eigenvalue weighted by atomic mass is 32.2. The van der Waals surface area contributed by atoms with Crippen LogP contribution in [0.25, 0.3) is 0 Å². The molecule has 6 heteroatoms. The molecule has 0 radical (unpaired) electrons. The Bertz CT molecular complexity index is 474. The molecule has 0 atom stereocenters. The Labute approximate surface area is 95.4 Å². The van der Waals surface area contributed by atoms with Crippen molar-refractivity contribution in [3.8, 4) is 0 Å². The summed E-state index contributed by atoms with van der Waals surface area (Å²) in [6, 6.07) is 0. The second-order valence-electron chi connectivity index (χ2n) is 4.00. The van der Waals surface area contributed by atoms with Crippen LogP contribution in [0.4, 0.5) is 0 Å². The molecule has 0 saturated carbocycles. The summed E-state index contributed by atoms with van der Waals surface area (Å²) in [4.78, 5) is 10.8. The van der Waals surface area contributed by atoms with Crippen LogP contribution in [-0.2, 0) is 16.4 Å². The maximum absolute atomic E-state index is 11.8. The van der Waals surface area contributed by atoms with Crippen LogP contribution in [-0.4, -0.2) is 30.2 Å². The van der Waals surface area contributed by atoms with E-state index >= 15 is 0 Å². The Morgan fingerprint density at radius 3 is 2.56 bits per heavy atom. The highest BCUT2D eigenvalue weighted by Crippen LogP contribution is 2.16. The van der Waals surface area contributed by atoms with Crippen molar-refractivity contribution in [1.82, 2.24) is 9.78 Å². The standard InChI is InChI=1S/C10H16N2O3S/c1-4-16(14,15)10-9(7-13)5-11-12(10)6-8(2)3/h5,7-8H,4,6H2,1-3H3. The van der Waals surface area contributed by atoms with E-state index in [1.54, 1.807) is 6.92 Å². The third-order valence-electron chi connectivity index (χ3n) is 2.16. The minimum Gasteiger partial charge on any atom is -0.298 e. The second-order valence-corrected chi connectivity index (χ2v) is 6.20. The van der Waals surface area contributed by atoms with E-state index in [-0.39, 0.29) is 22.3 Å². The van der Waals surface area contributed by atoms with Crippen LogP contribution < -0.4 is 0 Å². The number of aldehydes is 1. The first-order chi connectivity index (χ1) is 7.42. The van der Waals surface area contributed by atoms with E-state index in [0.717, 1.165) is 0 Å². The van der Waals surface area contributed by atoms with Crippen LogP contribution in [0.5, 0.6) is 0 Å². The summed E-state index contributed by atoms with van der Waals surface area (Å²) in [6.07, 6.45) is 1.84. The number of carbonyl (C=O) groups is 1. The Balaban J connectivity index is 3.32. The predicted molar refractivity (Wildman–Crippen MR) is 60.2 cm³/mol. The van der Waals surface area contributed by atoms with Gasteiger partial charge in [-0.25, -0.2) is 8.42 Å². The smallest absolute Gasteiger partial charge is 0.195 e. The molecule has 90 valence electrons. The van der Waals surface area contributed by atoms with Gasteiger partial charge in [-0.3, -0.25) is 9.48 Å². The highest BCUT2D eigenvalue weighted by molar-refractivity contribution is 7.91. The van der Waals surface area contributed by atoms with Crippen molar-refractivity contribution in [3.63, 3.8) is 0 Å². The quantitative estimate of drug-likeness (QED) is 0.728. The van der Waals surface area contributed by atoms with E-state index in [1.165, 1.54) is 10.9 Å². The van der Waals surface area contributed by atoms with Crippen molar-refractivity contribution in [2.75, 3.05) is 5.75 Å². The van der Waals surface area contributed by atoms with Crippen LogP contribution in [0.1, 0.15) is 31.1 Å². The monoisotopic (exact) mass is 244 g/mol. The maximum Gasteiger partial charge on any atom is 0.195 e. The van der Waals surface area contributed by atoms with E-state index < -0.39 is 9.84 Å². The fourth-order valence-electron chi connectivity index (χ4n) is 1.42. The van der Waals surface area contributed by atoms with Gasteiger partial charge in [0.1, 0.15) is 0 Å². The summed E-state index contributed by atoms with van der Waals surface area (Å²) in [6.45, 7) is 5.97. The van der Waals surface area contributed by atoms with Gasteiger partial charge in [-0.2, -0.15) is 5.10 Å². The van der Waals surface area contributed by atoms with E-state index in [1.807, 2.05) is 13.8 Å². The zero-order chi connectivity index (χ0) is 12.3. The molecule has 0 amide bonds. The molecule has 1 rings (SSSR count). The van der Waals surface area contributed by atoms with Crippen LogP contribution >= 0.6 is 0 Å². The molecule has 16 heavy (non-hydrogen) atoms. The van der Waals surface area contributed by atoms with Gasteiger partial charge in [0, 0.05) is 6.54 Å². The molecule has 0 spiro atoms. The molecule has 0 fully saturated rings. The predicted octanol–water partition coefficient (Wildman–Crippen LogP) is 1.15. The Morgan fingerprint density at radius 2 is 2.12 bits per heavy atom. The zero-order valence-electron chi connectivity index (χ0n) is 9.67. The molecule has 1 aromatic heterocycles. The van der Waals surface area contributed by atoms with Crippen LogP contribution in [0.3, 0.4) is 0 Å². The normalized spacial score (nSPS) is 12.0. The topological polar surface area (TPSA) is 69.0 Å². The lowest BCUT2D eigenvalue weighted by Gasteiger charge is -2.09. The average molecular weight is 244 g/mol. The SMILES string of the molecule is CCS(=O)(=O)c1c(C=O)cnn1CC(C)C. The van der Waals surface area contributed by atoms with Crippen molar-refractivity contribution in [2.24, 2.45) is 5.92 Å². The summed E-state index contributed by atoms with van der Waals surface area (Å²) in [5.41, 5.74) is 0.141. The van der Waals surface area contributed by atoms with Gasteiger partial charge in [-0.15, -0.1) is 0 Å². The van der Waals surface area contributed by atoms with E-state index in [0.29, 0.717) is 12.8 Å². The lowest BCUT2D eigenvalue weighted by Crippen LogP contribution is -2.16. The van der Waals surface area contributed by atoms with Gasteiger partial charge in [0.2, 0.25) is 0 Å². The number of carbonyl (C=O) groups excluding carboxylic acids is 1. The van der Waals surface area contributed by atoms with Crippen molar-refractivity contribution < 1.29 is 13.2 Å². The van der Waals surface area contributed by atoms with Gasteiger partial charge >= 0.3 is 0 Å². The first-order valence-electron chi connectivity index (χ1n) is 5.16. The van der Waals surface area contributed by atoms with Crippen molar-refractivity contribution in [3.05, 3.63) is 11.8 Å². The minimum absolute atomic E-state index is 0.0301. The molecule has 1 aromatic rings. The number of nitrogens with zero attached hydrogens (tertiary/aromatic N) is 2. The van der Waals surface area contributed by atoms with Crippen molar-refractivity contribution >= 4 is 16.1 Å². The van der Waals surface area contributed by atoms with Gasteiger partial charge in [-0.1, -0.05) is 20.8 Å². The molecule has 0 aromatic carbocycles. The van der Waals surface area contributed by atoms with Crippen molar-refractivity contribution in [2.45, 2.75) is 32.3 Å². The summed E-state index contributed by atoms with van der Waals surface area (Å²) in [7, 11) is -3.40. The van der Waals surface area contributed by atoms with Gasteiger partial charge in [0.05, 0.1) is 17.5 Å². The Kier molecular flexibility index (Phi) is 3.85. The summed E-state index contributed by atoms with van der Waals surface area (Å²) < 4.78 is 25.0. The number of aromatic nitrogens is 2. The number of rotatable bonds is 5. The first-order valence-corrected chi connectivity index (χ1v) is 6.81. The molecule has 0 N–H and O–H groups in total. The average Bonchev–Trinajstić information content (AvgIpc) is 2.60.